The molecule has 0 bridgehead atoms. The van der Waals surface area contributed by atoms with E-state index >= 15 is 0 Å². The van der Waals surface area contributed by atoms with Gasteiger partial charge in [-0.2, -0.15) is 5.10 Å². The van der Waals surface area contributed by atoms with Gasteiger partial charge in [0.2, 0.25) is 5.88 Å². The number of aromatic nitrogens is 4. The lowest BCUT2D eigenvalue weighted by Gasteiger charge is -2.17. The van der Waals surface area contributed by atoms with E-state index in [1.807, 2.05) is 39.9 Å². The van der Waals surface area contributed by atoms with Crippen LogP contribution in [0.2, 0.25) is 0 Å². The van der Waals surface area contributed by atoms with Crippen LogP contribution in [0.1, 0.15) is 22.3 Å². The highest BCUT2D eigenvalue weighted by molar-refractivity contribution is 5.94. The van der Waals surface area contributed by atoms with Crippen molar-refractivity contribution in [2.45, 2.75) is 19.1 Å². The maximum atomic E-state index is 12.7. The smallest absolute Gasteiger partial charge is 0.253 e. The van der Waals surface area contributed by atoms with E-state index in [9.17, 15) is 4.79 Å². The zero-order chi connectivity index (χ0) is 17.8. The molecule has 0 unspecified atom stereocenters. The van der Waals surface area contributed by atoms with Crippen LogP contribution in [-0.4, -0.2) is 49.7 Å². The van der Waals surface area contributed by atoms with Gasteiger partial charge >= 0.3 is 0 Å². The first-order valence-electron chi connectivity index (χ1n) is 8.56. The predicted molar refractivity (Wildman–Crippen MR) is 94.7 cm³/mol. The number of carbonyl (C=O) groups excluding carboxylic acids is 1. The summed E-state index contributed by atoms with van der Waals surface area (Å²) in [5.41, 5.74) is 1.82. The Hall–Kier alpha value is -3.22. The maximum absolute atomic E-state index is 12.7. The maximum Gasteiger partial charge on any atom is 0.253 e. The van der Waals surface area contributed by atoms with Gasteiger partial charge in [-0.3, -0.25) is 4.79 Å². The minimum absolute atomic E-state index is 0.0319. The number of carbonyl (C=O) groups is 1. The highest BCUT2D eigenvalue weighted by atomic mass is 16.5. The Balaban J connectivity index is 1.35. The van der Waals surface area contributed by atoms with Crippen LogP contribution in [-0.2, 0) is 6.54 Å². The van der Waals surface area contributed by atoms with Gasteiger partial charge in [-0.1, -0.05) is 12.1 Å². The van der Waals surface area contributed by atoms with Crippen molar-refractivity contribution in [3.8, 4) is 5.88 Å². The van der Waals surface area contributed by atoms with Crippen molar-refractivity contribution >= 4 is 5.91 Å². The van der Waals surface area contributed by atoms with E-state index in [2.05, 4.69) is 15.2 Å². The van der Waals surface area contributed by atoms with Crippen molar-refractivity contribution in [1.82, 2.24) is 24.6 Å². The van der Waals surface area contributed by atoms with E-state index < -0.39 is 0 Å². The van der Waals surface area contributed by atoms with Crippen molar-refractivity contribution in [3.05, 3.63) is 72.4 Å². The Morgan fingerprint density at radius 1 is 1.19 bits per heavy atom. The third-order valence-electron chi connectivity index (χ3n) is 4.39. The van der Waals surface area contributed by atoms with E-state index in [1.54, 1.807) is 30.9 Å². The van der Waals surface area contributed by atoms with Gasteiger partial charge in [-0.25, -0.2) is 4.98 Å². The lowest BCUT2D eigenvalue weighted by molar-refractivity contribution is 0.0771. The first kappa shape index (κ1) is 16.3. The molecule has 0 spiro atoms. The van der Waals surface area contributed by atoms with Gasteiger partial charge < -0.3 is 14.2 Å². The molecule has 26 heavy (non-hydrogen) atoms. The first-order chi connectivity index (χ1) is 12.8. The van der Waals surface area contributed by atoms with Crippen molar-refractivity contribution in [2.24, 2.45) is 0 Å². The predicted octanol–water partition coefficient (Wildman–Crippen LogP) is 2.01. The highest BCUT2D eigenvalue weighted by Crippen LogP contribution is 2.18. The molecule has 4 rings (SSSR count). The second-order valence-corrected chi connectivity index (χ2v) is 6.27. The molecule has 132 valence electrons. The Labute approximate surface area is 151 Å². The number of amides is 1. The van der Waals surface area contributed by atoms with Crippen LogP contribution >= 0.6 is 0 Å². The molecule has 1 atom stereocenters. The molecule has 1 fully saturated rings. The van der Waals surface area contributed by atoms with Gasteiger partial charge in [-0.15, -0.1) is 5.10 Å². The molecule has 0 aliphatic carbocycles. The van der Waals surface area contributed by atoms with Crippen molar-refractivity contribution in [2.75, 3.05) is 13.1 Å². The zero-order valence-electron chi connectivity index (χ0n) is 14.2. The zero-order valence-corrected chi connectivity index (χ0v) is 14.2. The summed E-state index contributed by atoms with van der Waals surface area (Å²) < 4.78 is 7.79. The average Bonchev–Trinajstić information content (AvgIpc) is 3.35. The van der Waals surface area contributed by atoms with Crippen molar-refractivity contribution in [1.29, 1.82) is 0 Å². The van der Waals surface area contributed by atoms with Gasteiger partial charge in [0.1, 0.15) is 6.10 Å². The first-order valence-corrected chi connectivity index (χ1v) is 8.56. The normalized spacial score (nSPS) is 16.6. The number of hydrogen-bond acceptors (Lipinski definition) is 5. The summed E-state index contributed by atoms with van der Waals surface area (Å²) >= 11 is 0. The fourth-order valence-electron chi connectivity index (χ4n) is 3.06. The highest BCUT2D eigenvalue weighted by Gasteiger charge is 2.28. The molecule has 1 aliphatic heterocycles. The fraction of sp³-hybridized carbons (Fsp3) is 0.263. The quantitative estimate of drug-likeness (QED) is 0.704. The molecule has 1 amide bonds. The Morgan fingerprint density at radius 3 is 2.81 bits per heavy atom. The van der Waals surface area contributed by atoms with Crippen LogP contribution in [0.25, 0.3) is 0 Å². The molecule has 2 aromatic heterocycles. The van der Waals surface area contributed by atoms with Crippen molar-refractivity contribution < 1.29 is 9.53 Å². The molecule has 0 radical (unpaired) electrons. The fourth-order valence-corrected chi connectivity index (χ4v) is 3.06. The number of nitrogens with zero attached hydrogens (tertiary/aromatic N) is 5. The molecule has 0 N–H and O–H groups in total. The standard InChI is InChI=1S/C19H19N5O2/c25-19(16-5-3-15(4-6-16)12-23-11-9-20-14-23)24-10-7-17(13-24)26-18-2-1-8-21-22-18/h1-6,8-9,11,14,17H,7,10,12-13H2/t17-/m0/s1. The number of rotatable bonds is 5. The van der Waals surface area contributed by atoms with E-state index in [4.69, 9.17) is 4.74 Å². The Kier molecular flexibility index (Phi) is 4.59. The van der Waals surface area contributed by atoms with Gasteiger partial charge in [0.25, 0.3) is 5.91 Å². The van der Waals surface area contributed by atoms with E-state index in [-0.39, 0.29) is 12.0 Å². The van der Waals surface area contributed by atoms with Crippen LogP contribution in [0.15, 0.2) is 61.3 Å². The number of benzene rings is 1. The summed E-state index contributed by atoms with van der Waals surface area (Å²) in [7, 11) is 0. The summed E-state index contributed by atoms with van der Waals surface area (Å²) in [6.07, 6.45) is 7.80. The van der Waals surface area contributed by atoms with E-state index in [0.29, 0.717) is 24.5 Å². The van der Waals surface area contributed by atoms with Crippen LogP contribution in [0.5, 0.6) is 5.88 Å². The van der Waals surface area contributed by atoms with Crippen LogP contribution < -0.4 is 4.74 Å². The largest absolute Gasteiger partial charge is 0.471 e. The van der Waals surface area contributed by atoms with E-state index in [0.717, 1.165) is 18.5 Å². The van der Waals surface area contributed by atoms with Gasteiger partial charge in [-0.05, 0) is 23.8 Å². The molecular weight excluding hydrogens is 330 g/mol. The number of likely N-dealkylation sites (tertiary alicyclic amines) is 1. The lowest BCUT2D eigenvalue weighted by Crippen LogP contribution is -2.31. The van der Waals surface area contributed by atoms with Gasteiger partial charge in [0, 0.05) is 49.7 Å². The van der Waals surface area contributed by atoms with Crippen molar-refractivity contribution in [3.63, 3.8) is 0 Å². The monoisotopic (exact) mass is 349 g/mol. The molecule has 1 aliphatic rings. The molecule has 3 heterocycles. The summed E-state index contributed by atoms with van der Waals surface area (Å²) in [5.74, 6) is 0.528. The Bertz CT molecular complexity index is 849. The molecule has 0 saturated carbocycles. The molecule has 3 aromatic rings. The molecule has 1 aromatic carbocycles. The molecule has 1 saturated heterocycles. The average molecular weight is 349 g/mol. The molecule has 7 nitrogen and oxygen atoms in total. The third kappa shape index (κ3) is 3.72. The SMILES string of the molecule is O=C(c1ccc(Cn2ccnc2)cc1)N1CC[C@H](Oc2cccnn2)C1. The topological polar surface area (TPSA) is 73.1 Å². The number of hydrogen-bond donors (Lipinski definition) is 0. The number of ether oxygens (including phenoxy) is 1. The second kappa shape index (κ2) is 7.35. The minimum atomic E-state index is -0.0452. The summed E-state index contributed by atoms with van der Waals surface area (Å²) in [4.78, 5) is 18.6. The van der Waals surface area contributed by atoms with Crippen LogP contribution in [0.4, 0.5) is 0 Å². The summed E-state index contributed by atoms with van der Waals surface area (Å²) in [6, 6.07) is 11.3. The molecule has 7 heteroatoms. The van der Waals surface area contributed by atoms with Crippen LogP contribution in [0, 0.1) is 0 Å². The second-order valence-electron chi connectivity index (χ2n) is 6.27. The summed E-state index contributed by atoms with van der Waals surface area (Å²) in [5, 5.41) is 7.73. The third-order valence-corrected chi connectivity index (χ3v) is 4.39. The lowest BCUT2D eigenvalue weighted by atomic mass is 10.1. The minimum Gasteiger partial charge on any atom is -0.471 e. The Morgan fingerprint density at radius 2 is 2.08 bits per heavy atom. The van der Waals surface area contributed by atoms with Gasteiger partial charge in [0.15, 0.2) is 0 Å². The van der Waals surface area contributed by atoms with Gasteiger partial charge in [0.05, 0.1) is 12.9 Å². The van der Waals surface area contributed by atoms with E-state index in [1.165, 1.54) is 0 Å². The number of imidazole rings is 1. The summed E-state index contributed by atoms with van der Waals surface area (Å²) in [6.45, 7) is 1.99. The van der Waals surface area contributed by atoms with Crippen LogP contribution in [0.3, 0.4) is 0 Å². The molecular formula is C19H19N5O2.